The smallest absolute Gasteiger partial charge is 0.138 e. The third-order valence-corrected chi connectivity index (χ3v) is 5.60. The van der Waals surface area contributed by atoms with Crippen LogP contribution in [0, 0.1) is 0 Å². The highest BCUT2D eigenvalue weighted by atomic mass is 32.1. The summed E-state index contributed by atoms with van der Waals surface area (Å²) in [5.41, 5.74) is 2.76. The number of rotatable bonds is 3. The van der Waals surface area contributed by atoms with Crippen LogP contribution in [0.5, 0.6) is 0 Å². The Bertz CT molecular complexity index is 795. The van der Waals surface area contributed by atoms with Gasteiger partial charge in [0.05, 0.1) is 5.39 Å². The first kappa shape index (κ1) is 13.7. The predicted molar refractivity (Wildman–Crippen MR) is 92.5 cm³/mol. The zero-order valence-corrected chi connectivity index (χ0v) is 13.5. The predicted octanol–water partition coefficient (Wildman–Crippen LogP) is 4.74. The van der Waals surface area contributed by atoms with Crippen LogP contribution in [0.3, 0.4) is 0 Å². The molecule has 2 aromatic heterocycles. The maximum absolute atomic E-state index is 4.54. The van der Waals surface area contributed by atoms with Gasteiger partial charge in [-0.3, -0.25) is 0 Å². The van der Waals surface area contributed by atoms with E-state index < -0.39 is 0 Å². The van der Waals surface area contributed by atoms with Gasteiger partial charge in [-0.2, -0.15) is 0 Å². The molecule has 0 radical (unpaired) electrons. The molecule has 3 nitrogen and oxygen atoms in total. The monoisotopic (exact) mass is 309 g/mol. The Hall–Kier alpha value is -1.94. The SMILES string of the molecule is C[C@@H](Nc1ncnc2sc3c(c12)CCCC3)c1ccccc1. The van der Waals surface area contributed by atoms with E-state index in [0.717, 1.165) is 17.1 Å². The summed E-state index contributed by atoms with van der Waals surface area (Å²) in [4.78, 5) is 11.7. The van der Waals surface area contributed by atoms with Gasteiger partial charge in [-0.15, -0.1) is 11.3 Å². The van der Waals surface area contributed by atoms with Crippen LogP contribution >= 0.6 is 11.3 Å². The average Bonchev–Trinajstić information content (AvgIpc) is 2.95. The molecule has 1 atom stereocenters. The van der Waals surface area contributed by atoms with Crippen molar-refractivity contribution in [2.24, 2.45) is 0 Å². The molecule has 0 fully saturated rings. The van der Waals surface area contributed by atoms with Crippen LogP contribution in [-0.2, 0) is 12.8 Å². The molecule has 0 saturated heterocycles. The van der Waals surface area contributed by atoms with Gasteiger partial charge in [-0.25, -0.2) is 9.97 Å². The molecular weight excluding hydrogens is 290 g/mol. The molecule has 1 N–H and O–H groups in total. The van der Waals surface area contributed by atoms with Gasteiger partial charge < -0.3 is 5.32 Å². The maximum atomic E-state index is 4.54. The molecule has 112 valence electrons. The summed E-state index contributed by atoms with van der Waals surface area (Å²) >= 11 is 1.85. The number of thiophene rings is 1. The standard InChI is InChI=1S/C18H19N3S/c1-12(13-7-3-2-4-8-13)21-17-16-14-9-5-6-10-15(14)22-18(16)20-11-19-17/h2-4,7-8,11-12H,5-6,9-10H2,1H3,(H,19,20,21)/t12-/m1/s1. The normalized spacial score (nSPS) is 15.5. The van der Waals surface area contributed by atoms with Gasteiger partial charge >= 0.3 is 0 Å². The summed E-state index contributed by atoms with van der Waals surface area (Å²) in [5, 5.41) is 4.85. The Morgan fingerprint density at radius 1 is 1.09 bits per heavy atom. The minimum atomic E-state index is 0.235. The fraction of sp³-hybridized carbons (Fsp3) is 0.333. The van der Waals surface area contributed by atoms with Crippen molar-refractivity contribution in [3.63, 3.8) is 0 Å². The van der Waals surface area contributed by atoms with Crippen molar-refractivity contribution in [1.82, 2.24) is 9.97 Å². The number of nitrogens with one attached hydrogen (secondary N) is 1. The largest absolute Gasteiger partial charge is 0.363 e. The van der Waals surface area contributed by atoms with E-state index >= 15 is 0 Å². The molecule has 4 heteroatoms. The summed E-state index contributed by atoms with van der Waals surface area (Å²) in [6.07, 6.45) is 6.63. The lowest BCUT2D eigenvalue weighted by atomic mass is 9.97. The summed E-state index contributed by atoms with van der Waals surface area (Å²) in [5.74, 6) is 0.987. The maximum Gasteiger partial charge on any atom is 0.138 e. The first-order chi connectivity index (χ1) is 10.8. The topological polar surface area (TPSA) is 37.8 Å². The molecule has 0 saturated carbocycles. The minimum absolute atomic E-state index is 0.235. The third-order valence-electron chi connectivity index (χ3n) is 4.40. The lowest BCUT2D eigenvalue weighted by Gasteiger charge is -2.17. The van der Waals surface area contributed by atoms with Crippen molar-refractivity contribution in [1.29, 1.82) is 0 Å². The molecule has 0 spiro atoms. The van der Waals surface area contributed by atoms with Gasteiger partial charge in [0.15, 0.2) is 0 Å². The first-order valence-corrected chi connectivity index (χ1v) is 8.71. The summed E-state index contributed by atoms with van der Waals surface area (Å²) in [6.45, 7) is 2.18. The van der Waals surface area contributed by atoms with E-state index in [-0.39, 0.29) is 6.04 Å². The molecule has 2 heterocycles. The first-order valence-electron chi connectivity index (χ1n) is 7.89. The number of aryl methyl sites for hydroxylation is 2. The number of fused-ring (bicyclic) bond motifs is 3. The average molecular weight is 309 g/mol. The van der Waals surface area contributed by atoms with Gasteiger partial charge in [0, 0.05) is 10.9 Å². The van der Waals surface area contributed by atoms with Gasteiger partial charge in [0.25, 0.3) is 0 Å². The fourth-order valence-corrected chi connectivity index (χ4v) is 4.46. The number of anilines is 1. The van der Waals surface area contributed by atoms with Crippen LogP contribution in [0.4, 0.5) is 5.82 Å². The Morgan fingerprint density at radius 2 is 1.91 bits per heavy atom. The van der Waals surface area contributed by atoms with E-state index in [0.29, 0.717) is 0 Å². The highest BCUT2D eigenvalue weighted by Gasteiger charge is 2.20. The van der Waals surface area contributed by atoms with Crippen LogP contribution in [0.2, 0.25) is 0 Å². The zero-order chi connectivity index (χ0) is 14.9. The molecular formula is C18H19N3S. The van der Waals surface area contributed by atoms with Crippen molar-refractivity contribution < 1.29 is 0 Å². The molecule has 0 bridgehead atoms. The van der Waals surface area contributed by atoms with Crippen molar-refractivity contribution in [2.75, 3.05) is 5.32 Å². The summed E-state index contributed by atoms with van der Waals surface area (Å²) in [7, 11) is 0. The van der Waals surface area contributed by atoms with Crippen molar-refractivity contribution in [3.05, 3.63) is 52.7 Å². The molecule has 0 aliphatic heterocycles. The molecule has 1 aromatic carbocycles. The Kier molecular flexibility index (Phi) is 3.54. The second kappa shape index (κ2) is 5.69. The zero-order valence-electron chi connectivity index (χ0n) is 12.7. The highest BCUT2D eigenvalue weighted by Crippen LogP contribution is 2.38. The second-order valence-electron chi connectivity index (χ2n) is 5.89. The number of hydrogen-bond donors (Lipinski definition) is 1. The fourth-order valence-electron chi connectivity index (χ4n) is 3.23. The van der Waals surface area contributed by atoms with Crippen molar-refractivity contribution >= 4 is 27.4 Å². The van der Waals surface area contributed by atoms with E-state index in [2.05, 4.69) is 46.5 Å². The highest BCUT2D eigenvalue weighted by molar-refractivity contribution is 7.19. The molecule has 1 aliphatic carbocycles. The molecule has 0 amide bonds. The van der Waals surface area contributed by atoms with E-state index in [1.54, 1.807) is 6.33 Å². The quantitative estimate of drug-likeness (QED) is 0.759. The Balaban J connectivity index is 1.74. The number of nitrogens with zero attached hydrogens (tertiary/aromatic N) is 2. The van der Waals surface area contributed by atoms with Crippen LogP contribution < -0.4 is 5.32 Å². The summed E-state index contributed by atoms with van der Waals surface area (Å²) in [6, 6.07) is 10.7. The van der Waals surface area contributed by atoms with Crippen LogP contribution in [0.25, 0.3) is 10.2 Å². The van der Waals surface area contributed by atoms with E-state index in [4.69, 9.17) is 0 Å². The number of benzene rings is 1. The van der Waals surface area contributed by atoms with E-state index in [1.165, 1.54) is 40.7 Å². The summed E-state index contributed by atoms with van der Waals surface area (Å²) < 4.78 is 0. The van der Waals surface area contributed by atoms with Gasteiger partial charge in [-0.05, 0) is 43.7 Å². The molecule has 1 aliphatic rings. The van der Waals surface area contributed by atoms with Crippen LogP contribution in [-0.4, -0.2) is 9.97 Å². The van der Waals surface area contributed by atoms with Gasteiger partial charge in [-0.1, -0.05) is 30.3 Å². The van der Waals surface area contributed by atoms with Crippen LogP contribution in [0.15, 0.2) is 36.7 Å². The van der Waals surface area contributed by atoms with Crippen LogP contribution in [0.1, 0.15) is 41.8 Å². The molecule has 0 unspecified atom stereocenters. The number of aromatic nitrogens is 2. The van der Waals surface area contributed by atoms with Gasteiger partial charge in [0.2, 0.25) is 0 Å². The van der Waals surface area contributed by atoms with Crippen molar-refractivity contribution in [3.8, 4) is 0 Å². The third kappa shape index (κ3) is 2.37. The number of hydrogen-bond acceptors (Lipinski definition) is 4. The van der Waals surface area contributed by atoms with Crippen molar-refractivity contribution in [2.45, 2.75) is 38.6 Å². The van der Waals surface area contributed by atoms with Gasteiger partial charge in [0.1, 0.15) is 17.0 Å². The Labute approximate surface area is 134 Å². The lowest BCUT2D eigenvalue weighted by molar-refractivity contribution is 0.700. The van der Waals surface area contributed by atoms with E-state index in [1.807, 2.05) is 17.4 Å². The lowest BCUT2D eigenvalue weighted by Crippen LogP contribution is -2.09. The molecule has 3 aromatic rings. The van der Waals surface area contributed by atoms with E-state index in [9.17, 15) is 0 Å². The Morgan fingerprint density at radius 3 is 2.77 bits per heavy atom. The molecule has 4 rings (SSSR count). The molecule has 22 heavy (non-hydrogen) atoms. The second-order valence-corrected chi connectivity index (χ2v) is 6.97. The minimum Gasteiger partial charge on any atom is -0.363 e.